The fourth-order valence-electron chi connectivity index (χ4n) is 4.19. The molecule has 0 aliphatic carbocycles. The summed E-state index contributed by atoms with van der Waals surface area (Å²) in [6.45, 7) is 2.37. The summed E-state index contributed by atoms with van der Waals surface area (Å²) in [7, 11) is 0. The molecule has 3 aliphatic heterocycles. The van der Waals surface area contributed by atoms with Crippen molar-refractivity contribution in [2.45, 2.75) is 25.3 Å². The molecule has 3 heterocycles. The lowest BCUT2D eigenvalue weighted by molar-refractivity contribution is -0.138. The summed E-state index contributed by atoms with van der Waals surface area (Å²) in [6.07, 6.45) is 0.0688. The molecule has 0 spiro atoms. The van der Waals surface area contributed by atoms with Gasteiger partial charge in [0.25, 0.3) is 11.8 Å². The first kappa shape index (κ1) is 20.9. The van der Waals surface area contributed by atoms with Gasteiger partial charge in [-0.3, -0.25) is 39.1 Å². The summed E-state index contributed by atoms with van der Waals surface area (Å²) in [4.78, 5) is 64.4. The first-order valence-electron chi connectivity index (χ1n) is 10.0. The number of fused-ring (bicyclic) bond motifs is 1. The van der Waals surface area contributed by atoms with E-state index in [1.54, 1.807) is 4.90 Å². The number of imide groups is 2. The lowest BCUT2D eigenvalue weighted by atomic mass is 10.0. The summed E-state index contributed by atoms with van der Waals surface area (Å²) in [5.74, 6) is -4.15. The molecule has 2 fully saturated rings. The predicted molar refractivity (Wildman–Crippen MR) is 104 cm³/mol. The molecule has 10 nitrogen and oxygen atoms in total. The van der Waals surface area contributed by atoms with Crippen molar-refractivity contribution >= 4 is 35.3 Å². The zero-order valence-corrected chi connectivity index (χ0v) is 16.6. The third-order valence-electron chi connectivity index (χ3n) is 5.86. The third kappa shape index (κ3) is 3.88. The van der Waals surface area contributed by atoms with E-state index in [2.05, 4.69) is 5.32 Å². The first-order chi connectivity index (χ1) is 14.8. The third-order valence-corrected chi connectivity index (χ3v) is 5.86. The van der Waals surface area contributed by atoms with Gasteiger partial charge in [0.2, 0.25) is 11.8 Å². The van der Waals surface area contributed by atoms with Crippen LogP contribution in [-0.4, -0.2) is 83.3 Å². The molecule has 4 rings (SSSR count). The molecule has 31 heavy (non-hydrogen) atoms. The minimum Gasteiger partial charge on any atom is -0.481 e. The Morgan fingerprint density at radius 2 is 1.71 bits per heavy atom. The van der Waals surface area contributed by atoms with Crippen molar-refractivity contribution in [3.05, 3.63) is 29.1 Å². The number of carboxylic acid groups (broad SMARTS) is 1. The summed E-state index contributed by atoms with van der Waals surface area (Å²) in [5.41, 5.74) is 0.110. The van der Waals surface area contributed by atoms with Gasteiger partial charge in [0.1, 0.15) is 11.9 Å². The molecule has 0 radical (unpaired) electrons. The molecule has 1 unspecified atom stereocenters. The number of hydrogen-bond donors (Lipinski definition) is 2. The Kier molecular flexibility index (Phi) is 5.44. The molecule has 0 bridgehead atoms. The second-order valence-electron chi connectivity index (χ2n) is 7.77. The van der Waals surface area contributed by atoms with Crippen LogP contribution in [0.1, 0.15) is 40.0 Å². The Labute approximate surface area is 176 Å². The molecule has 3 aliphatic rings. The van der Waals surface area contributed by atoms with Crippen LogP contribution in [0.4, 0.5) is 10.1 Å². The maximum atomic E-state index is 14.8. The zero-order valence-electron chi connectivity index (χ0n) is 16.6. The van der Waals surface area contributed by atoms with Crippen LogP contribution >= 0.6 is 0 Å². The van der Waals surface area contributed by atoms with E-state index < -0.39 is 41.5 Å². The van der Waals surface area contributed by atoms with Crippen molar-refractivity contribution in [1.29, 1.82) is 0 Å². The van der Waals surface area contributed by atoms with Crippen molar-refractivity contribution < 1.29 is 33.5 Å². The number of carbonyl (C=O) groups is 5. The number of piperazine rings is 1. The van der Waals surface area contributed by atoms with E-state index in [1.807, 2.05) is 4.90 Å². The van der Waals surface area contributed by atoms with Crippen LogP contribution in [-0.2, 0) is 14.4 Å². The van der Waals surface area contributed by atoms with E-state index in [0.29, 0.717) is 32.7 Å². The van der Waals surface area contributed by atoms with Gasteiger partial charge in [0.15, 0.2) is 0 Å². The molecule has 0 aromatic heterocycles. The highest BCUT2D eigenvalue weighted by Crippen LogP contribution is 2.33. The van der Waals surface area contributed by atoms with Crippen molar-refractivity contribution in [3.63, 3.8) is 0 Å². The predicted octanol–water partition coefficient (Wildman–Crippen LogP) is -0.176. The number of halogens is 1. The van der Waals surface area contributed by atoms with Crippen molar-refractivity contribution in [2.24, 2.45) is 0 Å². The van der Waals surface area contributed by atoms with Gasteiger partial charge in [-0.05, 0) is 18.6 Å². The highest BCUT2D eigenvalue weighted by Gasteiger charge is 2.45. The molecule has 2 saturated heterocycles. The summed E-state index contributed by atoms with van der Waals surface area (Å²) in [6, 6.07) is 1.26. The van der Waals surface area contributed by atoms with E-state index in [4.69, 9.17) is 5.11 Å². The van der Waals surface area contributed by atoms with Gasteiger partial charge in [-0.1, -0.05) is 0 Å². The Bertz CT molecular complexity index is 988. The Morgan fingerprint density at radius 1 is 1.06 bits per heavy atom. The molecule has 164 valence electrons. The SMILES string of the molecule is O=C(O)CCN1CCN(c2cc3c(cc2F)C(=O)N(C2CCC(=O)NC2=O)C3=O)CC1. The smallest absolute Gasteiger partial charge is 0.304 e. The van der Waals surface area contributed by atoms with E-state index in [-0.39, 0.29) is 36.1 Å². The van der Waals surface area contributed by atoms with Crippen LogP contribution in [0.2, 0.25) is 0 Å². The first-order valence-corrected chi connectivity index (χ1v) is 10.0. The standard InChI is InChI=1S/C20H21FN4O6/c21-13-9-11-12(10-15(13)24-7-5-23(6-8-24)4-3-17(27)28)20(31)25(19(11)30)14-1-2-16(26)22-18(14)29/h9-10,14H,1-8H2,(H,27,28)(H,22,26,29). The van der Waals surface area contributed by atoms with Crippen LogP contribution in [0.5, 0.6) is 0 Å². The quantitative estimate of drug-likeness (QED) is 0.614. The van der Waals surface area contributed by atoms with Crippen molar-refractivity contribution in [2.75, 3.05) is 37.6 Å². The Hall–Kier alpha value is -3.34. The van der Waals surface area contributed by atoms with E-state index in [1.165, 1.54) is 6.07 Å². The van der Waals surface area contributed by atoms with Crippen LogP contribution in [0.3, 0.4) is 0 Å². The molecule has 11 heteroatoms. The van der Waals surface area contributed by atoms with Crippen molar-refractivity contribution in [1.82, 2.24) is 15.1 Å². The largest absolute Gasteiger partial charge is 0.481 e. The maximum absolute atomic E-state index is 14.8. The molecule has 4 amide bonds. The number of benzene rings is 1. The fourth-order valence-corrected chi connectivity index (χ4v) is 4.19. The zero-order chi connectivity index (χ0) is 22.3. The van der Waals surface area contributed by atoms with Gasteiger partial charge < -0.3 is 10.0 Å². The Balaban J connectivity index is 1.52. The molecule has 1 atom stereocenters. The number of amides is 4. The van der Waals surface area contributed by atoms with Gasteiger partial charge >= 0.3 is 5.97 Å². The van der Waals surface area contributed by atoms with Crippen LogP contribution in [0, 0.1) is 5.82 Å². The number of carboxylic acids is 1. The number of rotatable bonds is 5. The van der Waals surface area contributed by atoms with E-state index in [0.717, 1.165) is 11.0 Å². The summed E-state index contributed by atoms with van der Waals surface area (Å²) in [5, 5.41) is 10.9. The van der Waals surface area contributed by atoms with Crippen LogP contribution in [0.25, 0.3) is 0 Å². The second kappa shape index (κ2) is 8.06. The average Bonchev–Trinajstić information content (AvgIpc) is 2.96. The number of aliphatic carboxylic acids is 1. The average molecular weight is 432 g/mol. The van der Waals surface area contributed by atoms with Gasteiger partial charge in [-0.15, -0.1) is 0 Å². The molecular formula is C20H21FN4O6. The lowest BCUT2D eigenvalue weighted by Gasteiger charge is -2.36. The molecule has 2 N–H and O–H groups in total. The Morgan fingerprint density at radius 3 is 2.32 bits per heavy atom. The highest BCUT2D eigenvalue weighted by molar-refractivity contribution is 6.23. The van der Waals surface area contributed by atoms with Crippen molar-refractivity contribution in [3.8, 4) is 0 Å². The number of hydrogen-bond acceptors (Lipinski definition) is 7. The van der Waals surface area contributed by atoms with Gasteiger partial charge in [-0.2, -0.15) is 0 Å². The number of nitrogens with zero attached hydrogens (tertiary/aromatic N) is 3. The number of piperidine rings is 1. The second-order valence-corrected chi connectivity index (χ2v) is 7.77. The van der Waals surface area contributed by atoms with Gasteiger partial charge in [-0.25, -0.2) is 4.39 Å². The number of anilines is 1. The van der Waals surface area contributed by atoms with Gasteiger partial charge in [0.05, 0.1) is 23.2 Å². The lowest BCUT2D eigenvalue weighted by Crippen LogP contribution is -2.54. The highest BCUT2D eigenvalue weighted by atomic mass is 19.1. The van der Waals surface area contributed by atoms with Gasteiger partial charge in [0, 0.05) is 39.1 Å². The maximum Gasteiger partial charge on any atom is 0.304 e. The fraction of sp³-hybridized carbons (Fsp3) is 0.450. The number of nitrogens with one attached hydrogen (secondary N) is 1. The molecular weight excluding hydrogens is 411 g/mol. The topological polar surface area (TPSA) is 127 Å². The normalized spacial score (nSPS) is 22.0. The van der Waals surface area contributed by atoms with E-state index >= 15 is 0 Å². The van der Waals surface area contributed by atoms with E-state index in [9.17, 15) is 28.4 Å². The molecule has 1 aromatic carbocycles. The molecule has 0 saturated carbocycles. The van der Waals surface area contributed by atoms with Crippen LogP contribution < -0.4 is 10.2 Å². The minimum absolute atomic E-state index is 0.00950. The summed E-state index contributed by atoms with van der Waals surface area (Å²) >= 11 is 0. The molecule has 1 aromatic rings. The minimum atomic E-state index is -1.10. The number of carbonyl (C=O) groups excluding carboxylic acids is 4. The van der Waals surface area contributed by atoms with Crippen LogP contribution in [0.15, 0.2) is 12.1 Å². The monoisotopic (exact) mass is 432 g/mol. The summed E-state index contributed by atoms with van der Waals surface area (Å²) < 4.78 is 14.8.